The zero-order valence-electron chi connectivity index (χ0n) is 11.2. The van der Waals surface area contributed by atoms with Crippen LogP contribution in [-0.2, 0) is 9.84 Å². The Morgan fingerprint density at radius 2 is 2.15 bits per heavy atom. The van der Waals surface area contributed by atoms with E-state index >= 15 is 0 Å². The van der Waals surface area contributed by atoms with Crippen molar-refractivity contribution in [3.05, 3.63) is 24.5 Å². The number of benzene rings is 1. The Labute approximate surface area is 117 Å². The molecule has 20 heavy (non-hydrogen) atoms. The van der Waals surface area contributed by atoms with E-state index in [0.717, 1.165) is 16.7 Å². The molecule has 1 aliphatic heterocycles. The molecule has 2 heterocycles. The minimum absolute atomic E-state index is 0.0421. The molecule has 1 aromatic heterocycles. The molecule has 7 heteroatoms. The lowest BCUT2D eigenvalue weighted by Gasteiger charge is -2.25. The van der Waals surface area contributed by atoms with Gasteiger partial charge in [0.15, 0.2) is 9.84 Å². The van der Waals surface area contributed by atoms with Crippen LogP contribution in [0.15, 0.2) is 24.5 Å². The lowest BCUT2D eigenvalue weighted by Crippen LogP contribution is -2.33. The number of sulfone groups is 1. The maximum Gasteiger partial charge on any atom is 0.152 e. The van der Waals surface area contributed by atoms with Gasteiger partial charge in [-0.3, -0.25) is 0 Å². The zero-order chi connectivity index (χ0) is 14.3. The smallest absolute Gasteiger partial charge is 0.152 e. The molecule has 1 aromatic carbocycles. The van der Waals surface area contributed by atoms with Gasteiger partial charge in [-0.1, -0.05) is 0 Å². The van der Waals surface area contributed by atoms with Gasteiger partial charge >= 0.3 is 0 Å². The molecule has 0 amide bonds. The standard InChI is InChI=1S/C13H16N4O2S/c1-17(10-4-5-20(18,19)7-10)13-11-6-9(14)2-3-12(11)15-8-16-13/h2-3,6,8,10H,4-5,7,14H2,1H3. The Hall–Kier alpha value is -1.89. The highest BCUT2D eigenvalue weighted by atomic mass is 32.2. The van der Waals surface area contributed by atoms with Gasteiger partial charge in [-0.15, -0.1) is 0 Å². The molecule has 106 valence electrons. The van der Waals surface area contributed by atoms with Gasteiger partial charge in [-0.2, -0.15) is 0 Å². The average Bonchev–Trinajstić information content (AvgIpc) is 2.77. The van der Waals surface area contributed by atoms with Crippen molar-refractivity contribution in [2.75, 3.05) is 29.2 Å². The quantitative estimate of drug-likeness (QED) is 0.825. The lowest BCUT2D eigenvalue weighted by atomic mass is 10.1. The van der Waals surface area contributed by atoms with Crippen molar-refractivity contribution in [2.45, 2.75) is 12.5 Å². The van der Waals surface area contributed by atoms with Crippen LogP contribution in [0.5, 0.6) is 0 Å². The van der Waals surface area contributed by atoms with Crippen LogP contribution >= 0.6 is 0 Å². The van der Waals surface area contributed by atoms with E-state index < -0.39 is 9.84 Å². The number of anilines is 2. The van der Waals surface area contributed by atoms with Crippen molar-refractivity contribution in [1.82, 2.24) is 9.97 Å². The molecule has 1 fully saturated rings. The van der Waals surface area contributed by atoms with E-state index in [4.69, 9.17) is 5.73 Å². The number of fused-ring (bicyclic) bond motifs is 1. The number of rotatable bonds is 2. The topological polar surface area (TPSA) is 89.2 Å². The first-order valence-corrected chi connectivity index (χ1v) is 8.22. The summed E-state index contributed by atoms with van der Waals surface area (Å²) < 4.78 is 23.2. The van der Waals surface area contributed by atoms with Gasteiger partial charge in [0.25, 0.3) is 0 Å². The summed E-state index contributed by atoms with van der Waals surface area (Å²) in [6.07, 6.45) is 2.13. The van der Waals surface area contributed by atoms with Gasteiger partial charge in [-0.05, 0) is 24.6 Å². The van der Waals surface area contributed by atoms with Crippen LogP contribution in [0.1, 0.15) is 6.42 Å². The van der Waals surface area contributed by atoms with Gasteiger partial charge in [0.1, 0.15) is 12.1 Å². The summed E-state index contributed by atoms with van der Waals surface area (Å²) in [4.78, 5) is 10.4. The fourth-order valence-electron chi connectivity index (χ4n) is 2.60. The molecule has 2 N–H and O–H groups in total. The SMILES string of the molecule is CN(c1ncnc2ccc(N)cc12)C1CCS(=O)(=O)C1. The van der Waals surface area contributed by atoms with Crippen LogP contribution < -0.4 is 10.6 Å². The largest absolute Gasteiger partial charge is 0.399 e. The van der Waals surface area contributed by atoms with E-state index in [1.165, 1.54) is 6.33 Å². The Morgan fingerprint density at radius 3 is 2.85 bits per heavy atom. The van der Waals surface area contributed by atoms with Crippen LogP contribution in [0, 0.1) is 0 Å². The van der Waals surface area contributed by atoms with E-state index in [2.05, 4.69) is 9.97 Å². The van der Waals surface area contributed by atoms with Crippen molar-refractivity contribution in [3.63, 3.8) is 0 Å². The first-order valence-electron chi connectivity index (χ1n) is 6.40. The summed E-state index contributed by atoms with van der Waals surface area (Å²) >= 11 is 0. The predicted octanol–water partition coefficient (Wildman–Crippen LogP) is 0.835. The van der Waals surface area contributed by atoms with E-state index in [1.807, 2.05) is 24.1 Å². The fourth-order valence-corrected chi connectivity index (χ4v) is 4.37. The highest BCUT2D eigenvalue weighted by Crippen LogP contribution is 2.28. The lowest BCUT2D eigenvalue weighted by molar-refractivity contribution is 0.600. The molecule has 0 saturated carbocycles. The summed E-state index contributed by atoms with van der Waals surface area (Å²) in [5, 5.41) is 0.847. The molecule has 0 aliphatic carbocycles. The number of aromatic nitrogens is 2. The highest BCUT2D eigenvalue weighted by Gasteiger charge is 2.31. The van der Waals surface area contributed by atoms with Crippen molar-refractivity contribution < 1.29 is 8.42 Å². The molecule has 1 saturated heterocycles. The number of nitrogens with two attached hydrogens (primary N) is 1. The molecule has 2 aromatic rings. The van der Waals surface area contributed by atoms with Gasteiger partial charge < -0.3 is 10.6 Å². The molecule has 1 aliphatic rings. The summed E-state index contributed by atoms with van der Waals surface area (Å²) in [7, 11) is -1.05. The second-order valence-electron chi connectivity index (χ2n) is 5.14. The number of hydrogen-bond acceptors (Lipinski definition) is 6. The summed E-state index contributed by atoms with van der Waals surface area (Å²) in [6, 6.07) is 5.42. The van der Waals surface area contributed by atoms with Gasteiger partial charge in [-0.25, -0.2) is 18.4 Å². The predicted molar refractivity (Wildman–Crippen MR) is 79.4 cm³/mol. The van der Waals surface area contributed by atoms with Crippen LogP contribution in [0.2, 0.25) is 0 Å². The highest BCUT2D eigenvalue weighted by molar-refractivity contribution is 7.91. The van der Waals surface area contributed by atoms with E-state index in [0.29, 0.717) is 12.1 Å². The number of nitrogen functional groups attached to an aromatic ring is 1. The van der Waals surface area contributed by atoms with Crippen molar-refractivity contribution in [3.8, 4) is 0 Å². The van der Waals surface area contributed by atoms with E-state index in [1.54, 1.807) is 6.07 Å². The van der Waals surface area contributed by atoms with Crippen molar-refractivity contribution in [2.24, 2.45) is 0 Å². The Morgan fingerprint density at radius 1 is 1.35 bits per heavy atom. The molecular weight excluding hydrogens is 276 g/mol. The minimum atomic E-state index is -2.92. The second kappa shape index (κ2) is 4.59. The van der Waals surface area contributed by atoms with Crippen LogP contribution in [0.3, 0.4) is 0 Å². The van der Waals surface area contributed by atoms with E-state index in [-0.39, 0.29) is 17.5 Å². The third kappa shape index (κ3) is 2.29. The van der Waals surface area contributed by atoms with Crippen LogP contribution in [0.25, 0.3) is 10.9 Å². The van der Waals surface area contributed by atoms with Crippen LogP contribution in [-0.4, -0.2) is 43.0 Å². The molecule has 1 unspecified atom stereocenters. The zero-order valence-corrected chi connectivity index (χ0v) is 12.0. The Balaban J connectivity index is 2.03. The molecule has 6 nitrogen and oxygen atoms in total. The van der Waals surface area contributed by atoms with Gasteiger partial charge in [0.05, 0.1) is 17.0 Å². The summed E-state index contributed by atoms with van der Waals surface area (Å²) in [6.45, 7) is 0. The third-order valence-electron chi connectivity index (χ3n) is 3.73. The Kier molecular flexibility index (Phi) is 3.01. The van der Waals surface area contributed by atoms with E-state index in [9.17, 15) is 8.42 Å². The molecular formula is C13H16N4O2S. The fraction of sp³-hybridized carbons (Fsp3) is 0.385. The first-order chi connectivity index (χ1) is 9.46. The third-order valence-corrected chi connectivity index (χ3v) is 5.48. The second-order valence-corrected chi connectivity index (χ2v) is 7.37. The monoisotopic (exact) mass is 292 g/mol. The summed E-state index contributed by atoms with van der Waals surface area (Å²) in [5.41, 5.74) is 7.26. The van der Waals surface area contributed by atoms with Crippen molar-refractivity contribution in [1.29, 1.82) is 0 Å². The average molecular weight is 292 g/mol. The molecule has 0 radical (unpaired) electrons. The first kappa shape index (κ1) is 13.1. The van der Waals surface area contributed by atoms with Gasteiger partial charge in [0.2, 0.25) is 0 Å². The normalized spacial score (nSPS) is 21.1. The van der Waals surface area contributed by atoms with Crippen molar-refractivity contribution >= 4 is 32.2 Å². The maximum atomic E-state index is 11.6. The number of nitrogens with zero attached hydrogens (tertiary/aromatic N) is 3. The molecule has 0 bridgehead atoms. The minimum Gasteiger partial charge on any atom is -0.399 e. The molecule has 3 rings (SSSR count). The molecule has 0 spiro atoms. The molecule has 1 atom stereocenters. The van der Waals surface area contributed by atoms with Gasteiger partial charge in [0, 0.05) is 24.2 Å². The Bertz CT molecular complexity index is 760. The van der Waals surface area contributed by atoms with Crippen LogP contribution in [0.4, 0.5) is 11.5 Å². The maximum absolute atomic E-state index is 11.6. The number of hydrogen-bond donors (Lipinski definition) is 1. The summed E-state index contributed by atoms with van der Waals surface area (Å²) in [5.74, 6) is 1.15.